The fourth-order valence-corrected chi connectivity index (χ4v) is 2.74. The topological polar surface area (TPSA) is 32.7 Å². The molecule has 4 heteroatoms. The highest BCUT2D eigenvalue weighted by molar-refractivity contribution is 8.14. The Hall–Kier alpha value is -0.510. The highest BCUT2D eigenvalue weighted by atomic mass is 32.2. The van der Waals surface area contributed by atoms with Crippen molar-refractivity contribution in [2.45, 2.75) is 32.2 Å². The van der Waals surface area contributed by atoms with E-state index in [1.165, 1.54) is 19.3 Å². The van der Waals surface area contributed by atoms with Crippen LogP contribution in [0.3, 0.4) is 0 Å². The van der Waals surface area contributed by atoms with Crippen LogP contribution in [0.1, 0.15) is 26.2 Å². The Balaban J connectivity index is 1.96. The van der Waals surface area contributed by atoms with Crippen molar-refractivity contribution in [3.8, 4) is 0 Å². The Kier molecular flexibility index (Phi) is 2.81. The maximum atomic E-state index is 11.0. The third-order valence-corrected chi connectivity index (χ3v) is 4.32. The maximum absolute atomic E-state index is 11.0. The molecule has 1 fully saturated rings. The number of amides is 1. The third-order valence-electron chi connectivity index (χ3n) is 3.29. The molecule has 1 heterocycles. The molecule has 0 saturated heterocycles. The van der Waals surface area contributed by atoms with Crippen molar-refractivity contribution < 1.29 is 4.79 Å². The van der Waals surface area contributed by atoms with Gasteiger partial charge in [-0.2, -0.15) is 4.99 Å². The Bertz CT molecular complexity index is 273. The van der Waals surface area contributed by atoms with Gasteiger partial charge in [-0.25, -0.2) is 0 Å². The van der Waals surface area contributed by atoms with E-state index in [0.29, 0.717) is 11.8 Å². The van der Waals surface area contributed by atoms with Crippen molar-refractivity contribution in [2.75, 3.05) is 12.8 Å². The smallest absolute Gasteiger partial charge is 0.258 e. The monoisotopic (exact) mass is 212 g/mol. The largest absolute Gasteiger partial charge is 0.351 e. The molecule has 1 unspecified atom stereocenters. The Morgan fingerprint density at radius 3 is 2.71 bits per heavy atom. The average molecular weight is 212 g/mol. The summed E-state index contributed by atoms with van der Waals surface area (Å²) >= 11 is 1.57. The highest BCUT2D eigenvalue weighted by Gasteiger charge is 2.30. The molecule has 14 heavy (non-hydrogen) atoms. The molecule has 0 spiro atoms. The fraction of sp³-hybridized carbons (Fsp3) is 0.800. The van der Waals surface area contributed by atoms with Crippen LogP contribution < -0.4 is 0 Å². The molecule has 0 N–H and O–H groups in total. The molecular weight excluding hydrogens is 196 g/mol. The van der Waals surface area contributed by atoms with Gasteiger partial charge >= 0.3 is 0 Å². The number of carbonyl (C=O) groups is 1. The van der Waals surface area contributed by atoms with Crippen molar-refractivity contribution in [3.05, 3.63) is 0 Å². The summed E-state index contributed by atoms with van der Waals surface area (Å²) in [6, 6.07) is 0.529. The summed E-state index contributed by atoms with van der Waals surface area (Å²) in [6.07, 6.45) is 4.02. The quantitative estimate of drug-likeness (QED) is 0.699. The number of rotatable bonds is 2. The van der Waals surface area contributed by atoms with Gasteiger partial charge in [0.25, 0.3) is 5.91 Å². The van der Waals surface area contributed by atoms with E-state index in [1.54, 1.807) is 11.8 Å². The minimum Gasteiger partial charge on any atom is -0.351 e. The van der Waals surface area contributed by atoms with E-state index in [1.807, 2.05) is 7.05 Å². The summed E-state index contributed by atoms with van der Waals surface area (Å²) in [5.41, 5.74) is 0. The normalized spacial score (nSPS) is 24.4. The van der Waals surface area contributed by atoms with Gasteiger partial charge in [0.15, 0.2) is 5.17 Å². The molecule has 1 aliphatic carbocycles. The van der Waals surface area contributed by atoms with E-state index in [-0.39, 0.29) is 5.91 Å². The molecule has 0 aromatic rings. The molecule has 1 amide bonds. The molecule has 78 valence electrons. The highest BCUT2D eigenvalue weighted by Crippen LogP contribution is 2.33. The van der Waals surface area contributed by atoms with Crippen LogP contribution in [0.5, 0.6) is 0 Å². The van der Waals surface area contributed by atoms with E-state index in [4.69, 9.17) is 0 Å². The first-order valence-corrected chi connectivity index (χ1v) is 6.14. The lowest BCUT2D eigenvalue weighted by Crippen LogP contribution is -2.40. The van der Waals surface area contributed by atoms with Crippen molar-refractivity contribution in [3.63, 3.8) is 0 Å². The standard InChI is InChI=1S/C10H16N2OS/c1-7(8-4-3-5-8)12(2)10-11-9(13)6-14-10/h7-8H,3-6H2,1-2H3. The maximum Gasteiger partial charge on any atom is 0.258 e. The summed E-state index contributed by atoms with van der Waals surface area (Å²) in [6.45, 7) is 2.23. The lowest BCUT2D eigenvalue weighted by molar-refractivity contribution is -0.115. The first kappa shape index (κ1) is 10.0. The van der Waals surface area contributed by atoms with Crippen molar-refractivity contribution in [1.82, 2.24) is 4.90 Å². The summed E-state index contributed by atoms with van der Waals surface area (Å²) in [5, 5.41) is 0.911. The van der Waals surface area contributed by atoms with Gasteiger partial charge in [-0.15, -0.1) is 0 Å². The van der Waals surface area contributed by atoms with Crippen LogP contribution in [0.15, 0.2) is 4.99 Å². The second-order valence-corrected chi connectivity index (χ2v) is 5.06. The zero-order valence-corrected chi connectivity index (χ0v) is 9.51. The number of amidine groups is 1. The van der Waals surface area contributed by atoms with Crippen molar-refractivity contribution in [2.24, 2.45) is 10.9 Å². The van der Waals surface area contributed by atoms with Crippen LogP contribution in [0, 0.1) is 5.92 Å². The van der Waals surface area contributed by atoms with E-state index in [2.05, 4.69) is 16.8 Å². The summed E-state index contributed by atoms with van der Waals surface area (Å²) in [5.74, 6) is 1.34. The van der Waals surface area contributed by atoms with E-state index in [0.717, 1.165) is 11.1 Å². The Morgan fingerprint density at radius 1 is 1.57 bits per heavy atom. The van der Waals surface area contributed by atoms with Crippen LogP contribution >= 0.6 is 11.8 Å². The van der Waals surface area contributed by atoms with Gasteiger partial charge in [0.1, 0.15) is 0 Å². The molecule has 1 atom stereocenters. The Morgan fingerprint density at radius 2 is 2.29 bits per heavy atom. The van der Waals surface area contributed by atoms with Gasteiger partial charge < -0.3 is 4.90 Å². The van der Waals surface area contributed by atoms with Crippen LogP contribution in [0.2, 0.25) is 0 Å². The zero-order chi connectivity index (χ0) is 10.1. The predicted octanol–water partition coefficient (Wildman–Crippen LogP) is 1.74. The molecule has 2 rings (SSSR count). The number of hydrogen-bond donors (Lipinski definition) is 0. The lowest BCUT2D eigenvalue weighted by atomic mass is 9.80. The number of carbonyl (C=O) groups excluding carboxylic acids is 1. The SMILES string of the molecule is CC(C1CCC1)N(C)C1=NC(=O)CS1. The fourth-order valence-electron chi connectivity index (χ4n) is 1.89. The average Bonchev–Trinajstić information content (AvgIpc) is 2.47. The molecule has 0 bridgehead atoms. The summed E-state index contributed by atoms with van der Waals surface area (Å²) < 4.78 is 0. The van der Waals surface area contributed by atoms with Gasteiger partial charge in [0.05, 0.1) is 5.75 Å². The molecule has 2 aliphatic rings. The Labute approximate surface area is 89.0 Å². The van der Waals surface area contributed by atoms with Crippen LogP contribution in [-0.2, 0) is 4.79 Å². The van der Waals surface area contributed by atoms with Gasteiger partial charge in [0.2, 0.25) is 0 Å². The summed E-state index contributed by atoms with van der Waals surface area (Å²) in [4.78, 5) is 17.2. The van der Waals surface area contributed by atoms with E-state index in [9.17, 15) is 4.79 Å². The molecule has 0 aromatic carbocycles. The number of nitrogens with zero attached hydrogens (tertiary/aromatic N) is 2. The van der Waals surface area contributed by atoms with Gasteiger partial charge in [-0.1, -0.05) is 18.2 Å². The van der Waals surface area contributed by atoms with Gasteiger partial charge in [-0.05, 0) is 25.7 Å². The zero-order valence-electron chi connectivity index (χ0n) is 8.69. The van der Waals surface area contributed by atoms with E-state index < -0.39 is 0 Å². The van der Waals surface area contributed by atoms with Crippen LogP contribution in [0.4, 0.5) is 0 Å². The van der Waals surface area contributed by atoms with E-state index >= 15 is 0 Å². The molecule has 1 saturated carbocycles. The first-order chi connectivity index (χ1) is 6.68. The lowest BCUT2D eigenvalue weighted by Gasteiger charge is -2.37. The second-order valence-electron chi connectivity index (χ2n) is 4.12. The second kappa shape index (κ2) is 3.93. The number of thioether (sulfide) groups is 1. The molecular formula is C10H16N2OS. The van der Waals surface area contributed by atoms with Crippen LogP contribution in [0.25, 0.3) is 0 Å². The van der Waals surface area contributed by atoms with Crippen LogP contribution in [-0.4, -0.2) is 34.8 Å². The van der Waals surface area contributed by atoms with Crippen molar-refractivity contribution >= 4 is 22.8 Å². The molecule has 0 aromatic heterocycles. The molecule has 1 aliphatic heterocycles. The van der Waals surface area contributed by atoms with Gasteiger partial charge in [0, 0.05) is 13.1 Å². The summed E-state index contributed by atoms with van der Waals surface area (Å²) in [7, 11) is 2.05. The minimum atomic E-state index is 0.0117. The number of aliphatic imine (C=N–C) groups is 1. The third kappa shape index (κ3) is 1.80. The minimum absolute atomic E-state index is 0.0117. The predicted molar refractivity (Wildman–Crippen MR) is 59.5 cm³/mol. The molecule has 3 nitrogen and oxygen atoms in total. The first-order valence-electron chi connectivity index (χ1n) is 5.15. The van der Waals surface area contributed by atoms with Gasteiger partial charge in [-0.3, -0.25) is 4.79 Å². The van der Waals surface area contributed by atoms with Crippen molar-refractivity contribution in [1.29, 1.82) is 0 Å². The number of hydrogen-bond acceptors (Lipinski definition) is 3. The molecule has 0 radical (unpaired) electrons.